The molecule has 2 heteroatoms. The first kappa shape index (κ1) is 13.6. The van der Waals surface area contributed by atoms with Crippen molar-refractivity contribution >= 4 is 15.9 Å². The lowest BCUT2D eigenvalue weighted by atomic mass is 9.66. The van der Waals surface area contributed by atoms with Gasteiger partial charge in [0.25, 0.3) is 0 Å². The van der Waals surface area contributed by atoms with Gasteiger partial charge in [-0.05, 0) is 54.7 Å². The minimum Gasteiger partial charge on any atom is -0.388 e. The van der Waals surface area contributed by atoms with Gasteiger partial charge in [0, 0.05) is 4.47 Å². The van der Waals surface area contributed by atoms with Crippen LogP contribution in [0.2, 0.25) is 0 Å². The Morgan fingerprint density at radius 2 is 1.63 bits per heavy atom. The van der Waals surface area contributed by atoms with Crippen LogP contribution in [-0.2, 0) is 0 Å². The number of aliphatic hydroxyl groups excluding tert-OH is 1. The Balaban J connectivity index is 1.67. The maximum atomic E-state index is 10.6. The third kappa shape index (κ3) is 3.05. The van der Waals surface area contributed by atoms with Crippen LogP contribution in [0.1, 0.15) is 56.6 Å². The molecule has 0 aromatic heterocycles. The average Bonchev–Trinajstić information content (AvgIpc) is 2.47. The Morgan fingerprint density at radius 3 is 2.37 bits per heavy atom. The van der Waals surface area contributed by atoms with Crippen LogP contribution in [0.25, 0.3) is 0 Å². The van der Waals surface area contributed by atoms with Crippen LogP contribution in [0.3, 0.4) is 0 Å². The topological polar surface area (TPSA) is 20.2 Å². The first-order chi connectivity index (χ1) is 9.24. The van der Waals surface area contributed by atoms with Crippen LogP contribution in [0.5, 0.6) is 0 Å². The van der Waals surface area contributed by atoms with Crippen molar-refractivity contribution in [3.63, 3.8) is 0 Å². The van der Waals surface area contributed by atoms with Gasteiger partial charge in [-0.3, -0.25) is 0 Å². The molecule has 2 aliphatic rings. The number of benzene rings is 1. The molecule has 2 saturated carbocycles. The summed E-state index contributed by atoms with van der Waals surface area (Å²) in [6.45, 7) is 0. The molecular formula is C17H23BrO. The number of aliphatic hydroxyl groups is 1. The second kappa shape index (κ2) is 5.97. The Bertz CT molecular complexity index is 414. The van der Waals surface area contributed by atoms with Gasteiger partial charge in [0.2, 0.25) is 0 Å². The normalized spacial score (nSPS) is 32.6. The summed E-state index contributed by atoms with van der Waals surface area (Å²) in [4.78, 5) is 0. The molecule has 2 fully saturated rings. The minimum atomic E-state index is -0.268. The molecule has 4 atom stereocenters. The van der Waals surface area contributed by atoms with Gasteiger partial charge < -0.3 is 5.11 Å². The third-order valence-electron chi connectivity index (χ3n) is 5.24. The first-order valence-electron chi connectivity index (χ1n) is 7.67. The SMILES string of the molecule is OC(c1ccc(Br)cc1)C1CCC2CCCCC2C1. The summed E-state index contributed by atoms with van der Waals surface area (Å²) in [5.74, 6) is 2.32. The van der Waals surface area contributed by atoms with E-state index in [0.717, 1.165) is 21.9 Å². The first-order valence-corrected chi connectivity index (χ1v) is 8.47. The Kier molecular flexibility index (Phi) is 4.28. The van der Waals surface area contributed by atoms with Crippen molar-refractivity contribution in [3.05, 3.63) is 34.3 Å². The standard InChI is InChI=1S/C17H23BrO/c18-16-9-7-13(8-10-16)17(19)15-6-5-12-3-1-2-4-14(12)11-15/h7-10,12,14-15,17,19H,1-6,11H2. The highest BCUT2D eigenvalue weighted by atomic mass is 79.9. The zero-order valence-electron chi connectivity index (χ0n) is 11.4. The van der Waals surface area contributed by atoms with E-state index in [2.05, 4.69) is 28.1 Å². The van der Waals surface area contributed by atoms with Crippen molar-refractivity contribution in [2.45, 2.75) is 51.0 Å². The molecule has 19 heavy (non-hydrogen) atoms. The fourth-order valence-corrected chi connectivity index (χ4v) is 4.39. The van der Waals surface area contributed by atoms with Gasteiger partial charge in [0.15, 0.2) is 0 Å². The zero-order chi connectivity index (χ0) is 13.2. The number of hydrogen-bond acceptors (Lipinski definition) is 1. The Labute approximate surface area is 124 Å². The monoisotopic (exact) mass is 322 g/mol. The molecule has 3 rings (SSSR count). The largest absolute Gasteiger partial charge is 0.388 e. The zero-order valence-corrected chi connectivity index (χ0v) is 13.0. The molecule has 0 spiro atoms. The molecule has 0 amide bonds. The van der Waals surface area contributed by atoms with Gasteiger partial charge in [0.05, 0.1) is 6.10 Å². The second-order valence-corrected chi connectivity index (χ2v) is 7.29. The molecule has 104 valence electrons. The van der Waals surface area contributed by atoms with Gasteiger partial charge in [-0.25, -0.2) is 0 Å². The van der Waals surface area contributed by atoms with E-state index in [-0.39, 0.29) is 6.10 Å². The summed E-state index contributed by atoms with van der Waals surface area (Å²) in [5.41, 5.74) is 1.09. The molecule has 1 aromatic rings. The van der Waals surface area contributed by atoms with Gasteiger partial charge in [-0.2, -0.15) is 0 Å². The summed E-state index contributed by atoms with van der Waals surface area (Å²) >= 11 is 3.45. The van der Waals surface area contributed by atoms with Crippen molar-refractivity contribution in [1.82, 2.24) is 0 Å². The van der Waals surface area contributed by atoms with Gasteiger partial charge in [0.1, 0.15) is 0 Å². The van der Waals surface area contributed by atoms with E-state index in [1.54, 1.807) is 0 Å². The van der Waals surface area contributed by atoms with Crippen molar-refractivity contribution in [3.8, 4) is 0 Å². The van der Waals surface area contributed by atoms with Crippen LogP contribution in [0.15, 0.2) is 28.7 Å². The highest BCUT2D eigenvalue weighted by Crippen LogP contribution is 2.46. The molecule has 0 bridgehead atoms. The lowest BCUT2D eigenvalue weighted by Crippen LogP contribution is -2.30. The van der Waals surface area contributed by atoms with Crippen LogP contribution >= 0.6 is 15.9 Å². The molecule has 2 aliphatic carbocycles. The lowest BCUT2D eigenvalue weighted by molar-refractivity contribution is 0.0349. The molecule has 1 N–H and O–H groups in total. The molecule has 0 heterocycles. The Hall–Kier alpha value is -0.340. The third-order valence-corrected chi connectivity index (χ3v) is 5.77. The van der Waals surface area contributed by atoms with Crippen molar-refractivity contribution in [2.24, 2.45) is 17.8 Å². The molecular weight excluding hydrogens is 300 g/mol. The fourth-order valence-electron chi connectivity index (χ4n) is 4.13. The van der Waals surface area contributed by atoms with Gasteiger partial charge in [-0.1, -0.05) is 53.7 Å². The van der Waals surface area contributed by atoms with E-state index in [1.165, 1.54) is 44.9 Å². The fraction of sp³-hybridized carbons (Fsp3) is 0.647. The Morgan fingerprint density at radius 1 is 0.947 bits per heavy atom. The van der Waals surface area contributed by atoms with Crippen molar-refractivity contribution < 1.29 is 5.11 Å². The average molecular weight is 323 g/mol. The summed E-state index contributed by atoms with van der Waals surface area (Å²) in [5, 5.41) is 10.6. The smallest absolute Gasteiger partial charge is 0.0818 e. The second-order valence-electron chi connectivity index (χ2n) is 6.37. The number of halogens is 1. The summed E-state index contributed by atoms with van der Waals surface area (Å²) in [6.07, 6.45) is 9.18. The molecule has 0 aliphatic heterocycles. The van der Waals surface area contributed by atoms with Crippen LogP contribution in [-0.4, -0.2) is 5.11 Å². The highest BCUT2D eigenvalue weighted by Gasteiger charge is 2.35. The summed E-state index contributed by atoms with van der Waals surface area (Å²) < 4.78 is 1.08. The van der Waals surface area contributed by atoms with E-state index in [9.17, 15) is 5.11 Å². The number of hydrogen-bond donors (Lipinski definition) is 1. The number of fused-ring (bicyclic) bond motifs is 1. The molecule has 4 unspecified atom stereocenters. The van der Waals surface area contributed by atoms with E-state index < -0.39 is 0 Å². The summed E-state index contributed by atoms with van der Waals surface area (Å²) in [7, 11) is 0. The van der Waals surface area contributed by atoms with Crippen LogP contribution < -0.4 is 0 Å². The quantitative estimate of drug-likeness (QED) is 0.804. The van der Waals surface area contributed by atoms with E-state index in [1.807, 2.05) is 12.1 Å². The molecule has 0 saturated heterocycles. The van der Waals surface area contributed by atoms with Gasteiger partial charge in [-0.15, -0.1) is 0 Å². The predicted octanol–water partition coefficient (Wildman–Crippen LogP) is 5.09. The maximum Gasteiger partial charge on any atom is 0.0818 e. The van der Waals surface area contributed by atoms with Crippen LogP contribution in [0.4, 0.5) is 0 Å². The van der Waals surface area contributed by atoms with Crippen molar-refractivity contribution in [2.75, 3.05) is 0 Å². The molecule has 1 nitrogen and oxygen atoms in total. The van der Waals surface area contributed by atoms with Gasteiger partial charge >= 0.3 is 0 Å². The van der Waals surface area contributed by atoms with E-state index in [0.29, 0.717) is 5.92 Å². The predicted molar refractivity (Wildman–Crippen MR) is 81.9 cm³/mol. The summed E-state index contributed by atoms with van der Waals surface area (Å²) in [6, 6.07) is 8.18. The number of rotatable bonds is 2. The minimum absolute atomic E-state index is 0.268. The maximum absolute atomic E-state index is 10.6. The molecule has 0 radical (unpaired) electrons. The lowest BCUT2D eigenvalue weighted by Gasteiger charge is -2.40. The van der Waals surface area contributed by atoms with E-state index >= 15 is 0 Å². The molecule has 1 aromatic carbocycles. The highest BCUT2D eigenvalue weighted by molar-refractivity contribution is 9.10. The van der Waals surface area contributed by atoms with E-state index in [4.69, 9.17) is 0 Å². The van der Waals surface area contributed by atoms with Crippen molar-refractivity contribution in [1.29, 1.82) is 0 Å². The van der Waals surface area contributed by atoms with Crippen LogP contribution in [0, 0.1) is 17.8 Å².